The van der Waals surface area contributed by atoms with Crippen LogP contribution in [-0.2, 0) is 12.8 Å². The summed E-state index contributed by atoms with van der Waals surface area (Å²) >= 11 is 7.40. The Morgan fingerprint density at radius 3 is 3.05 bits per heavy atom. The molecule has 0 aromatic carbocycles. The van der Waals surface area contributed by atoms with Crippen LogP contribution in [0.3, 0.4) is 0 Å². The topological polar surface area (TPSA) is 50.8 Å². The predicted octanol–water partition coefficient (Wildman–Crippen LogP) is 3.04. The van der Waals surface area contributed by atoms with E-state index in [0.717, 1.165) is 17.8 Å². The van der Waals surface area contributed by atoms with E-state index in [-0.39, 0.29) is 10.6 Å². The van der Waals surface area contributed by atoms with Crippen molar-refractivity contribution in [3.63, 3.8) is 0 Å². The van der Waals surface area contributed by atoms with Crippen LogP contribution in [0.1, 0.15) is 12.1 Å². The maximum atomic E-state index is 12.2. The fourth-order valence-corrected chi connectivity index (χ4v) is 2.83. The van der Waals surface area contributed by atoms with Gasteiger partial charge in [0, 0.05) is 12.8 Å². The Morgan fingerprint density at radius 1 is 1.53 bits per heavy atom. The summed E-state index contributed by atoms with van der Waals surface area (Å²) in [7, 11) is 1.81. The van der Waals surface area contributed by atoms with Gasteiger partial charge in [-0.15, -0.1) is 11.8 Å². The number of allylic oxidation sites excluding steroid dienone is 6. The summed E-state index contributed by atoms with van der Waals surface area (Å²) in [5, 5.41) is 7.27. The third-order valence-corrected chi connectivity index (χ3v) is 3.84. The summed E-state index contributed by atoms with van der Waals surface area (Å²) in [6.07, 6.45) is 10.5. The van der Waals surface area contributed by atoms with Crippen molar-refractivity contribution in [2.24, 2.45) is 7.05 Å². The van der Waals surface area contributed by atoms with Crippen LogP contribution in [0.5, 0.6) is 0 Å². The van der Waals surface area contributed by atoms with Crippen LogP contribution in [0.4, 0.5) is 0 Å². The van der Waals surface area contributed by atoms with E-state index in [0.29, 0.717) is 5.75 Å². The van der Waals surface area contributed by atoms with Gasteiger partial charge in [0.25, 0.3) is 5.56 Å². The van der Waals surface area contributed by atoms with E-state index < -0.39 is 0 Å². The Hall–Kier alpha value is -1.46. The largest absolute Gasteiger partial charge is 0.302 e. The molecule has 0 radical (unpaired) electrons. The molecule has 0 saturated heterocycles. The second kappa shape index (κ2) is 6.12. The molecule has 1 aromatic rings. The van der Waals surface area contributed by atoms with Crippen LogP contribution in [0, 0.1) is 5.41 Å². The fraction of sp³-hybridized carbons (Fsp3) is 0.231. The SMILES string of the molecule is Cn1c(CSC=N)c(Cl)c(=O)n1C1=CCC=CC=C1. The van der Waals surface area contributed by atoms with Gasteiger partial charge in [0.1, 0.15) is 5.02 Å². The minimum atomic E-state index is -0.220. The van der Waals surface area contributed by atoms with Gasteiger partial charge in [-0.1, -0.05) is 35.9 Å². The summed E-state index contributed by atoms with van der Waals surface area (Å²) < 4.78 is 3.31. The molecule has 1 N–H and O–H groups in total. The van der Waals surface area contributed by atoms with Crippen molar-refractivity contribution in [2.75, 3.05) is 0 Å². The molecule has 0 spiro atoms. The number of aromatic nitrogens is 2. The van der Waals surface area contributed by atoms with E-state index in [1.807, 2.05) is 30.4 Å². The van der Waals surface area contributed by atoms with Crippen molar-refractivity contribution in [3.05, 3.63) is 51.5 Å². The molecule has 2 rings (SSSR count). The highest BCUT2D eigenvalue weighted by Gasteiger charge is 2.17. The summed E-state index contributed by atoms with van der Waals surface area (Å²) in [5.41, 5.74) is 2.56. The van der Waals surface area contributed by atoms with Crippen molar-refractivity contribution in [3.8, 4) is 0 Å². The summed E-state index contributed by atoms with van der Waals surface area (Å²) in [5.74, 6) is 0.510. The normalized spacial score (nSPS) is 14.3. The van der Waals surface area contributed by atoms with Gasteiger partial charge in [-0.3, -0.25) is 9.48 Å². The molecule has 1 aliphatic rings. The number of rotatable bonds is 4. The number of hydrogen-bond acceptors (Lipinski definition) is 3. The molecule has 0 amide bonds. The van der Waals surface area contributed by atoms with Crippen molar-refractivity contribution in [1.29, 1.82) is 5.41 Å². The molecule has 1 aromatic heterocycles. The van der Waals surface area contributed by atoms with Crippen LogP contribution < -0.4 is 5.56 Å². The minimum Gasteiger partial charge on any atom is -0.302 e. The first-order valence-corrected chi connectivity index (χ1v) is 7.20. The molecule has 0 fully saturated rings. The number of hydrogen-bond donors (Lipinski definition) is 1. The molecule has 1 heterocycles. The van der Waals surface area contributed by atoms with Gasteiger partial charge >= 0.3 is 0 Å². The van der Waals surface area contributed by atoms with Crippen molar-refractivity contribution in [1.82, 2.24) is 9.36 Å². The molecule has 0 saturated carbocycles. The van der Waals surface area contributed by atoms with Crippen molar-refractivity contribution < 1.29 is 0 Å². The third-order valence-electron chi connectivity index (χ3n) is 2.85. The maximum absolute atomic E-state index is 12.2. The van der Waals surface area contributed by atoms with Crippen LogP contribution in [0.2, 0.25) is 5.02 Å². The Kier molecular flexibility index (Phi) is 4.50. The zero-order chi connectivity index (χ0) is 13.8. The van der Waals surface area contributed by atoms with E-state index in [4.69, 9.17) is 17.0 Å². The van der Waals surface area contributed by atoms with Gasteiger partial charge in [0.2, 0.25) is 0 Å². The van der Waals surface area contributed by atoms with E-state index >= 15 is 0 Å². The fourth-order valence-electron chi connectivity index (χ4n) is 1.91. The Morgan fingerprint density at radius 2 is 2.32 bits per heavy atom. The molecule has 0 aliphatic heterocycles. The van der Waals surface area contributed by atoms with E-state index in [1.165, 1.54) is 17.3 Å². The predicted molar refractivity (Wildman–Crippen MR) is 81.9 cm³/mol. The highest BCUT2D eigenvalue weighted by atomic mass is 35.5. The molecular weight excluding hydrogens is 282 g/mol. The molecule has 6 heteroatoms. The quantitative estimate of drug-likeness (QED) is 0.685. The Balaban J connectivity index is 2.50. The molecule has 0 bridgehead atoms. The monoisotopic (exact) mass is 295 g/mol. The van der Waals surface area contributed by atoms with Crippen molar-refractivity contribution >= 4 is 34.6 Å². The minimum absolute atomic E-state index is 0.220. The molecule has 100 valence electrons. The number of nitrogens with zero attached hydrogens (tertiary/aromatic N) is 2. The second-order valence-corrected chi connectivity index (χ2v) is 5.22. The number of nitrogens with one attached hydrogen (secondary N) is 1. The molecule has 0 atom stereocenters. The lowest BCUT2D eigenvalue weighted by Gasteiger charge is -2.09. The zero-order valence-electron chi connectivity index (χ0n) is 10.5. The molecule has 1 aliphatic carbocycles. The van der Waals surface area contributed by atoms with Crippen LogP contribution in [0.15, 0.2) is 35.2 Å². The van der Waals surface area contributed by atoms with Gasteiger partial charge in [-0.2, -0.15) is 0 Å². The lowest BCUT2D eigenvalue weighted by atomic mass is 10.3. The summed E-state index contributed by atoms with van der Waals surface area (Å²) in [6.45, 7) is 0. The van der Waals surface area contributed by atoms with Crippen LogP contribution in [-0.4, -0.2) is 14.9 Å². The Labute approximate surface area is 120 Å². The Bertz CT molecular complexity index is 637. The van der Waals surface area contributed by atoms with Gasteiger partial charge < -0.3 is 5.41 Å². The first-order chi connectivity index (χ1) is 9.16. The first kappa shape index (κ1) is 14.0. The number of thioether (sulfide) groups is 1. The maximum Gasteiger partial charge on any atom is 0.290 e. The highest BCUT2D eigenvalue weighted by Crippen LogP contribution is 2.20. The average molecular weight is 296 g/mol. The lowest BCUT2D eigenvalue weighted by molar-refractivity contribution is 0.641. The van der Waals surface area contributed by atoms with E-state index in [1.54, 1.807) is 16.4 Å². The summed E-state index contributed by atoms with van der Waals surface area (Å²) in [6, 6.07) is 0. The molecule has 19 heavy (non-hydrogen) atoms. The van der Waals surface area contributed by atoms with Crippen LogP contribution >= 0.6 is 23.4 Å². The smallest absolute Gasteiger partial charge is 0.290 e. The highest BCUT2D eigenvalue weighted by molar-refractivity contribution is 8.11. The summed E-state index contributed by atoms with van der Waals surface area (Å²) in [4.78, 5) is 12.2. The van der Waals surface area contributed by atoms with Gasteiger partial charge in [-0.05, 0) is 12.5 Å². The van der Waals surface area contributed by atoms with Gasteiger partial charge in [-0.25, -0.2) is 4.68 Å². The molecular formula is C13H14ClN3OS. The van der Waals surface area contributed by atoms with Gasteiger partial charge in [0.05, 0.1) is 16.9 Å². The third kappa shape index (κ3) is 2.77. The standard InChI is InChI=1S/C13H14ClN3OS/c1-16-11(8-19-9-15)12(14)13(18)17(16)10-6-4-2-3-5-7-10/h2-4,6-7,9,15H,5,8H2,1H3. The lowest BCUT2D eigenvalue weighted by Crippen LogP contribution is -2.20. The first-order valence-electron chi connectivity index (χ1n) is 5.77. The van der Waals surface area contributed by atoms with Crippen molar-refractivity contribution in [2.45, 2.75) is 12.2 Å². The number of halogens is 1. The van der Waals surface area contributed by atoms with Gasteiger partial charge in [0.15, 0.2) is 0 Å². The second-order valence-electron chi connectivity index (χ2n) is 3.98. The molecule has 0 unspecified atom stereocenters. The average Bonchev–Trinajstić information content (AvgIpc) is 2.62. The van der Waals surface area contributed by atoms with E-state index in [2.05, 4.69) is 0 Å². The van der Waals surface area contributed by atoms with Crippen LogP contribution in [0.25, 0.3) is 5.70 Å². The van der Waals surface area contributed by atoms with E-state index in [9.17, 15) is 4.79 Å². The zero-order valence-corrected chi connectivity index (χ0v) is 12.0. The molecule has 4 nitrogen and oxygen atoms in total.